The van der Waals surface area contributed by atoms with Gasteiger partial charge in [0.15, 0.2) is 9.84 Å². The molecule has 0 amide bonds. The highest BCUT2D eigenvalue weighted by molar-refractivity contribution is 7.90. The van der Waals surface area contributed by atoms with Gasteiger partial charge in [-0.1, -0.05) is 19.1 Å². The molecule has 5 heteroatoms. The number of nitrogens with two attached hydrogens (primary N) is 1. The molecule has 2 N–H and O–H groups in total. The fourth-order valence-corrected chi connectivity index (χ4v) is 2.54. The van der Waals surface area contributed by atoms with Gasteiger partial charge in [-0.2, -0.15) is 0 Å². The van der Waals surface area contributed by atoms with Crippen molar-refractivity contribution in [2.24, 2.45) is 5.73 Å². The fourth-order valence-electron chi connectivity index (χ4n) is 1.91. The molecular weight excluding hydrogens is 286 g/mol. The van der Waals surface area contributed by atoms with Crippen LogP contribution in [0.2, 0.25) is 0 Å². The summed E-state index contributed by atoms with van der Waals surface area (Å²) in [6, 6.07) is 14.0. The highest BCUT2D eigenvalue weighted by Gasteiger charge is 2.07. The van der Waals surface area contributed by atoms with E-state index in [2.05, 4.69) is 0 Å². The molecule has 112 valence electrons. The van der Waals surface area contributed by atoms with Gasteiger partial charge in [-0.15, -0.1) is 0 Å². The predicted octanol–water partition coefficient (Wildman–Crippen LogP) is 3.29. The van der Waals surface area contributed by atoms with E-state index in [0.29, 0.717) is 11.5 Å². The van der Waals surface area contributed by atoms with Crippen LogP contribution in [-0.4, -0.2) is 14.7 Å². The highest BCUT2D eigenvalue weighted by atomic mass is 32.2. The van der Waals surface area contributed by atoms with Crippen LogP contribution in [0.5, 0.6) is 11.5 Å². The number of ether oxygens (including phenoxy) is 1. The molecule has 0 heterocycles. The lowest BCUT2D eigenvalue weighted by molar-refractivity contribution is 0.481. The predicted molar refractivity (Wildman–Crippen MR) is 83.3 cm³/mol. The van der Waals surface area contributed by atoms with E-state index in [-0.39, 0.29) is 10.9 Å². The maximum absolute atomic E-state index is 11.4. The van der Waals surface area contributed by atoms with Crippen LogP contribution in [0, 0.1) is 0 Å². The number of hydrogen-bond donors (Lipinski definition) is 1. The van der Waals surface area contributed by atoms with Gasteiger partial charge in [0.05, 0.1) is 4.90 Å². The average molecular weight is 305 g/mol. The monoisotopic (exact) mass is 305 g/mol. The zero-order chi connectivity index (χ0) is 15.5. The first-order valence-electron chi connectivity index (χ1n) is 6.73. The molecule has 0 radical (unpaired) electrons. The minimum absolute atomic E-state index is 0.0353. The SMILES string of the molecule is CC[C@H](N)c1ccc(Oc2ccc(S(C)(=O)=O)cc2)cc1. The zero-order valence-corrected chi connectivity index (χ0v) is 12.9. The molecule has 21 heavy (non-hydrogen) atoms. The van der Waals surface area contributed by atoms with E-state index >= 15 is 0 Å². The highest BCUT2D eigenvalue weighted by Crippen LogP contribution is 2.24. The van der Waals surface area contributed by atoms with Gasteiger partial charge in [0.1, 0.15) is 11.5 Å². The van der Waals surface area contributed by atoms with Gasteiger partial charge in [-0.25, -0.2) is 8.42 Å². The summed E-state index contributed by atoms with van der Waals surface area (Å²) in [5, 5.41) is 0. The van der Waals surface area contributed by atoms with Crippen molar-refractivity contribution in [2.75, 3.05) is 6.26 Å². The number of sulfone groups is 1. The lowest BCUT2D eigenvalue weighted by Crippen LogP contribution is -2.07. The summed E-state index contributed by atoms with van der Waals surface area (Å²) in [4.78, 5) is 0.277. The normalized spacial score (nSPS) is 12.9. The lowest BCUT2D eigenvalue weighted by atomic mass is 10.1. The van der Waals surface area contributed by atoms with Crippen LogP contribution in [0.25, 0.3) is 0 Å². The third-order valence-electron chi connectivity index (χ3n) is 3.24. The maximum Gasteiger partial charge on any atom is 0.175 e. The van der Waals surface area contributed by atoms with Gasteiger partial charge in [-0.05, 0) is 48.4 Å². The van der Waals surface area contributed by atoms with Crippen LogP contribution in [0.1, 0.15) is 24.9 Å². The van der Waals surface area contributed by atoms with E-state index < -0.39 is 9.84 Å². The Balaban J connectivity index is 2.11. The first-order valence-corrected chi connectivity index (χ1v) is 8.63. The lowest BCUT2D eigenvalue weighted by Gasteiger charge is -2.11. The van der Waals surface area contributed by atoms with E-state index in [4.69, 9.17) is 10.5 Å². The summed E-state index contributed by atoms with van der Waals surface area (Å²) < 4.78 is 28.4. The number of benzene rings is 2. The van der Waals surface area contributed by atoms with Gasteiger partial charge in [0, 0.05) is 12.3 Å². The van der Waals surface area contributed by atoms with Gasteiger partial charge in [0.25, 0.3) is 0 Å². The molecule has 0 aliphatic rings. The summed E-state index contributed by atoms with van der Waals surface area (Å²) >= 11 is 0. The Kier molecular flexibility index (Phi) is 4.65. The first kappa shape index (κ1) is 15.5. The summed E-state index contributed by atoms with van der Waals surface area (Å²) in [6.45, 7) is 2.04. The summed E-state index contributed by atoms with van der Waals surface area (Å²) in [6.07, 6.45) is 2.06. The topological polar surface area (TPSA) is 69.4 Å². The summed E-state index contributed by atoms with van der Waals surface area (Å²) in [5.74, 6) is 1.28. The molecule has 0 bridgehead atoms. The van der Waals surface area contributed by atoms with E-state index in [1.807, 2.05) is 31.2 Å². The van der Waals surface area contributed by atoms with Crippen LogP contribution >= 0.6 is 0 Å². The number of rotatable bonds is 5. The molecule has 0 saturated heterocycles. The fraction of sp³-hybridized carbons (Fsp3) is 0.250. The molecular formula is C16H19NO3S. The third-order valence-corrected chi connectivity index (χ3v) is 4.36. The third kappa shape index (κ3) is 4.06. The molecule has 0 spiro atoms. The molecule has 2 aromatic rings. The van der Waals surface area contributed by atoms with E-state index in [1.165, 1.54) is 18.4 Å². The number of hydrogen-bond acceptors (Lipinski definition) is 4. The van der Waals surface area contributed by atoms with E-state index in [1.54, 1.807) is 12.1 Å². The molecule has 1 atom stereocenters. The van der Waals surface area contributed by atoms with Crippen molar-refractivity contribution in [3.63, 3.8) is 0 Å². The Morgan fingerprint density at radius 2 is 1.48 bits per heavy atom. The smallest absolute Gasteiger partial charge is 0.175 e. The second-order valence-electron chi connectivity index (χ2n) is 4.93. The molecule has 0 aliphatic heterocycles. The van der Waals surface area contributed by atoms with Gasteiger partial charge in [0.2, 0.25) is 0 Å². The van der Waals surface area contributed by atoms with Crippen LogP contribution in [0.4, 0.5) is 0 Å². The summed E-state index contributed by atoms with van der Waals surface area (Å²) in [5.41, 5.74) is 7.02. The molecule has 0 unspecified atom stereocenters. The van der Waals surface area contributed by atoms with Gasteiger partial charge in [-0.3, -0.25) is 0 Å². The first-order chi connectivity index (χ1) is 9.90. The maximum atomic E-state index is 11.4. The Morgan fingerprint density at radius 1 is 1.00 bits per heavy atom. The molecule has 0 saturated carbocycles. The molecule has 0 fully saturated rings. The van der Waals surface area contributed by atoms with Crippen molar-refractivity contribution >= 4 is 9.84 Å². The molecule has 2 rings (SSSR count). The quantitative estimate of drug-likeness (QED) is 0.920. The zero-order valence-electron chi connectivity index (χ0n) is 12.1. The van der Waals surface area contributed by atoms with Crippen LogP contribution in [-0.2, 0) is 9.84 Å². The average Bonchev–Trinajstić information content (AvgIpc) is 2.47. The molecule has 0 aromatic heterocycles. The van der Waals surface area contributed by atoms with Crippen molar-refractivity contribution < 1.29 is 13.2 Å². The Hall–Kier alpha value is -1.85. The van der Waals surface area contributed by atoms with Gasteiger partial charge >= 0.3 is 0 Å². The van der Waals surface area contributed by atoms with Crippen molar-refractivity contribution in [1.82, 2.24) is 0 Å². The molecule has 2 aromatic carbocycles. The second kappa shape index (κ2) is 6.28. The van der Waals surface area contributed by atoms with Crippen molar-refractivity contribution in [2.45, 2.75) is 24.3 Å². The van der Waals surface area contributed by atoms with Crippen LogP contribution in [0.3, 0.4) is 0 Å². The van der Waals surface area contributed by atoms with Crippen LogP contribution in [0.15, 0.2) is 53.4 Å². The van der Waals surface area contributed by atoms with E-state index in [9.17, 15) is 8.42 Å². The van der Waals surface area contributed by atoms with Gasteiger partial charge < -0.3 is 10.5 Å². The minimum Gasteiger partial charge on any atom is -0.457 e. The largest absolute Gasteiger partial charge is 0.457 e. The molecule has 4 nitrogen and oxygen atoms in total. The Labute approximate surface area is 125 Å². The van der Waals surface area contributed by atoms with Crippen molar-refractivity contribution in [1.29, 1.82) is 0 Å². The van der Waals surface area contributed by atoms with E-state index in [0.717, 1.165) is 12.0 Å². The summed E-state index contributed by atoms with van der Waals surface area (Å²) in [7, 11) is -3.18. The minimum atomic E-state index is -3.18. The Bertz CT molecular complexity index is 691. The van der Waals surface area contributed by atoms with Crippen molar-refractivity contribution in [3.8, 4) is 11.5 Å². The van der Waals surface area contributed by atoms with Crippen molar-refractivity contribution in [3.05, 3.63) is 54.1 Å². The Morgan fingerprint density at radius 3 is 1.90 bits per heavy atom. The standard InChI is InChI=1S/C16H19NO3S/c1-3-16(17)12-4-6-13(7-5-12)20-14-8-10-15(11-9-14)21(2,18)19/h4-11,16H,3,17H2,1-2H3/t16-/m0/s1. The molecule has 0 aliphatic carbocycles. The van der Waals surface area contributed by atoms with Crippen LogP contribution < -0.4 is 10.5 Å². The second-order valence-corrected chi connectivity index (χ2v) is 6.95.